The molecule has 0 atom stereocenters. The third-order valence-corrected chi connectivity index (χ3v) is 6.48. The molecule has 0 saturated heterocycles. The molecule has 0 bridgehead atoms. The van der Waals surface area contributed by atoms with Gasteiger partial charge in [-0.05, 0) is 29.7 Å². The molecule has 8 heteroatoms. The molecule has 2 N–H and O–H groups in total. The van der Waals surface area contributed by atoms with Gasteiger partial charge in [-0.2, -0.15) is 0 Å². The molecule has 170 valence electrons. The lowest BCUT2D eigenvalue weighted by Crippen LogP contribution is -2.36. The summed E-state index contributed by atoms with van der Waals surface area (Å²) < 4.78 is 10.9. The zero-order chi connectivity index (χ0) is 23.0. The van der Waals surface area contributed by atoms with Gasteiger partial charge in [-0.3, -0.25) is 4.79 Å². The van der Waals surface area contributed by atoms with E-state index in [1.807, 2.05) is 48.5 Å². The quantitative estimate of drug-likeness (QED) is 0.374. The summed E-state index contributed by atoms with van der Waals surface area (Å²) in [7, 11) is 0. The molecule has 0 spiro atoms. The van der Waals surface area contributed by atoms with E-state index >= 15 is 0 Å². The van der Waals surface area contributed by atoms with Crippen LogP contribution in [0.2, 0.25) is 0 Å². The zero-order valence-electron chi connectivity index (χ0n) is 18.1. The lowest BCUT2D eigenvalue weighted by atomic mass is 10.0. The van der Waals surface area contributed by atoms with Crippen molar-refractivity contribution in [3.05, 3.63) is 87.8 Å². The van der Waals surface area contributed by atoms with E-state index in [4.69, 9.17) is 14.9 Å². The molecule has 4 rings (SSSR count). The Balaban J connectivity index is 1.30. The van der Waals surface area contributed by atoms with Gasteiger partial charge in [0, 0.05) is 28.8 Å². The van der Waals surface area contributed by atoms with Crippen LogP contribution in [0.1, 0.15) is 31.9 Å². The van der Waals surface area contributed by atoms with Crippen LogP contribution in [0.4, 0.5) is 9.80 Å². The highest BCUT2D eigenvalue weighted by molar-refractivity contribution is 7.17. The predicted octanol–water partition coefficient (Wildman–Crippen LogP) is 4.71. The summed E-state index contributed by atoms with van der Waals surface area (Å²) in [5.74, 6) is -0.218. The lowest BCUT2D eigenvalue weighted by Gasteiger charge is -2.26. The van der Waals surface area contributed by atoms with Crippen LogP contribution < -0.4 is 5.32 Å². The van der Waals surface area contributed by atoms with Gasteiger partial charge in [0.25, 0.3) is 5.91 Å². The average molecular weight is 464 g/mol. The third-order valence-electron chi connectivity index (χ3n) is 5.33. The van der Waals surface area contributed by atoms with E-state index < -0.39 is 0 Å². The smallest absolute Gasteiger partial charge is 0.410 e. The van der Waals surface area contributed by atoms with Crippen molar-refractivity contribution in [2.24, 2.45) is 0 Å². The van der Waals surface area contributed by atoms with Gasteiger partial charge >= 0.3 is 6.09 Å². The second-order valence-corrected chi connectivity index (χ2v) is 8.64. The number of benzene rings is 2. The van der Waals surface area contributed by atoms with Crippen LogP contribution in [-0.2, 0) is 29.0 Å². The Labute approximate surface area is 196 Å². The Kier molecular flexibility index (Phi) is 7.49. The largest absolute Gasteiger partial charge is 0.447 e. The predicted molar refractivity (Wildman–Crippen MR) is 128 cm³/mol. The normalized spacial score (nSPS) is 12.7. The standard InChI is InChI=1S/C25H25N3O4S/c26-15-21-20-11-12-28(25(30)32-14-13-31-17-18-7-3-1-4-8-18)16-22(20)33-24(21)27-23(29)19-9-5-2-6-10-19/h1-10,15,26H,11-14,16-17H2,(H,27,29). The summed E-state index contributed by atoms with van der Waals surface area (Å²) in [6, 6.07) is 18.8. The molecule has 1 aliphatic heterocycles. The van der Waals surface area contributed by atoms with Crippen molar-refractivity contribution >= 4 is 34.6 Å². The van der Waals surface area contributed by atoms with E-state index in [0.29, 0.717) is 48.9 Å². The topological polar surface area (TPSA) is 91.7 Å². The summed E-state index contributed by atoms with van der Waals surface area (Å²) in [6.45, 7) is 1.88. The van der Waals surface area contributed by atoms with Crippen LogP contribution in [0, 0.1) is 5.41 Å². The molecular weight excluding hydrogens is 438 g/mol. The van der Waals surface area contributed by atoms with E-state index in [9.17, 15) is 9.59 Å². The minimum Gasteiger partial charge on any atom is -0.447 e. The number of amides is 2. The second kappa shape index (κ2) is 10.9. The number of carbonyl (C=O) groups is 2. The molecule has 7 nitrogen and oxygen atoms in total. The maximum atomic E-state index is 12.6. The molecular formula is C25H25N3O4S. The number of anilines is 1. The Hall–Kier alpha value is -3.49. The van der Waals surface area contributed by atoms with Gasteiger partial charge < -0.3 is 25.1 Å². The number of hydrogen-bond acceptors (Lipinski definition) is 6. The van der Waals surface area contributed by atoms with Gasteiger partial charge in [0.15, 0.2) is 0 Å². The van der Waals surface area contributed by atoms with Gasteiger partial charge in [-0.25, -0.2) is 4.79 Å². The Morgan fingerprint density at radius 3 is 2.52 bits per heavy atom. The first-order chi connectivity index (χ1) is 16.2. The summed E-state index contributed by atoms with van der Waals surface area (Å²) in [5, 5.41) is 11.4. The molecule has 0 unspecified atom stereocenters. The molecule has 1 aromatic heterocycles. The molecule has 1 aliphatic rings. The number of carbonyl (C=O) groups excluding carboxylic acids is 2. The summed E-state index contributed by atoms with van der Waals surface area (Å²) >= 11 is 1.40. The summed E-state index contributed by atoms with van der Waals surface area (Å²) in [4.78, 5) is 27.7. The first-order valence-electron chi connectivity index (χ1n) is 10.7. The number of hydrogen-bond donors (Lipinski definition) is 2. The molecule has 2 heterocycles. The van der Waals surface area contributed by atoms with Gasteiger partial charge in [0.2, 0.25) is 0 Å². The fourth-order valence-corrected chi connectivity index (χ4v) is 4.88. The lowest BCUT2D eigenvalue weighted by molar-refractivity contribution is 0.0472. The summed E-state index contributed by atoms with van der Waals surface area (Å²) in [5.41, 5.74) is 3.34. The Morgan fingerprint density at radius 1 is 1.06 bits per heavy atom. The number of fused-ring (bicyclic) bond motifs is 1. The van der Waals surface area contributed by atoms with Gasteiger partial charge in [0.1, 0.15) is 11.6 Å². The molecule has 33 heavy (non-hydrogen) atoms. The van der Waals surface area contributed by atoms with Crippen molar-refractivity contribution in [3.8, 4) is 0 Å². The monoisotopic (exact) mass is 463 g/mol. The van der Waals surface area contributed by atoms with Gasteiger partial charge in [-0.1, -0.05) is 48.5 Å². The van der Waals surface area contributed by atoms with Crippen molar-refractivity contribution in [2.45, 2.75) is 19.6 Å². The number of ether oxygens (including phenoxy) is 2. The number of thiophene rings is 1. The maximum absolute atomic E-state index is 12.6. The van der Waals surface area contributed by atoms with Crippen LogP contribution in [0.15, 0.2) is 60.7 Å². The molecule has 0 radical (unpaired) electrons. The molecule has 0 aliphatic carbocycles. The molecule has 0 saturated carbocycles. The van der Waals surface area contributed by atoms with Crippen LogP contribution in [0.3, 0.4) is 0 Å². The first kappa shape index (κ1) is 22.7. The average Bonchev–Trinajstić information content (AvgIpc) is 3.20. The minimum absolute atomic E-state index is 0.184. The highest BCUT2D eigenvalue weighted by Gasteiger charge is 2.27. The van der Waals surface area contributed by atoms with Crippen molar-refractivity contribution in [1.82, 2.24) is 4.90 Å². The fraction of sp³-hybridized carbons (Fsp3) is 0.240. The number of nitrogens with one attached hydrogen (secondary N) is 2. The molecule has 0 fully saturated rings. The van der Waals surface area contributed by atoms with E-state index in [0.717, 1.165) is 16.0 Å². The van der Waals surface area contributed by atoms with Crippen molar-refractivity contribution in [2.75, 3.05) is 25.1 Å². The number of rotatable bonds is 8. The third kappa shape index (κ3) is 5.66. The van der Waals surface area contributed by atoms with Crippen molar-refractivity contribution < 1.29 is 19.1 Å². The highest BCUT2D eigenvalue weighted by Crippen LogP contribution is 2.36. The van der Waals surface area contributed by atoms with Gasteiger partial charge in [-0.15, -0.1) is 11.3 Å². The van der Waals surface area contributed by atoms with Gasteiger partial charge in [0.05, 0.1) is 19.8 Å². The van der Waals surface area contributed by atoms with Crippen LogP contribution in [-0.4, -0.2) is 42.9 Å². The van der Waals surface area contributed by atoms with E-state index in [1.165, 1.54) is 17.6 Å². The Morgan fingerprint density at radius 2 is 1.79 bits per heavy atom. The minimum atomic E-state index is -0.386. The fourth-order valence-electron chi connectivity index (χ4n) is 3.64. The first-order valence-corrected chi connectivity index (χ1v) is 11.5. The Bertz CT molecular complexity index is 1120. The van der Waals surface area contributed by atoms with Crippen molar-refractivity contribution in [1.29, 1.82) is 5.41 Å². The molecule has 3 aromatic rings. The van der Waals surface area contributed by atoms with E-state index in [1.54, 1.807) is 17.0 Å². The van der Waals surface area contributed by atoms with E-state index in [-0.39, 0.29) is 18.6 Å². The van der Waals surface area contributed by atoms with Crippen molar-refractivity contribution in [3.63, 3.8) is 0 Å². The summed E-state index contributed by atoms with van der Waals surface area (Å²) in [6.07, 6.45) is 1.49. The zero-order valence-corrected chi connectivity index (χ0v) is 18.9. The number of nitrogens with zero attached hydrogens (tertiary/aromatic N) is 1. The van der Waals surface area contributed by atoms with Crippen LogP contribution in [0.25, 0.3) is 0 Å². The molecule has 2 aromatic carbocycles. The SMILES string of the molecule is N=Cc1c(NC(=O)c2ccccc2)sc2c1CCN(C(=O)OCCOCc1ccccc1)C2. The molecule has 2 amide bonds. The van der Waals surface area contributed by atoms with Crippen LogP contribution in [0.5, 0.6) is 0 Å². The second-order valence-electron chi connectivity index (χ2n) is 7.54. The maximum Gasteiger partial charge on any atom is 0.410 e. The van der Waals surface area contributed by atoms with E-state index in [2.05, 4.69) is 5.32 Å². The highest BCUT2D eigenvalue weighted by atomic mass is 32.1. The van der Waals surface area contributed by atoms with Crippen LogP contribution >= 0.6 is 11.3 Å².